The molecule has 2 aliphatic carbocycles. The average Bonchev–Trinajstić information content (AvgIpc) is 4.21. The van der Waals surface area contributed by atoms with Crippen molar-refractivity contribution in [1.29, 1.82) is 0 Å². The number of nitrogens with zero attached hydrogens (tertiary/aromatic N) is 3. The largest absolute Gasteiger partial charge is 0.363 e. The summed E-state index contributed by atoms with van der Waals surface area (Å²) in [5, 5.41) is 6.21. The van der Waals surface area contributed by atoms with Gasteiger partial charge in [0.1, 0.15) is 17.9 Å². The summed E-state index contributed by atoms with van der Waals surface area (Å²) >= 11 is 0. The van der Waals surface area contributed by atoms with Crippen LogP contribution in [0.25, 0.3) is 0 Å². The van der Waals surface area contributed by atoms with Gasteiger partial charge in [0.05, 0.1) is 11.8 Å². The van der Waals surface area contributed by atoms with Crippen molar-refractivity contribution < 1.29 is 23.6 Å². The lowest BCUT2D eigenvalue weighted by molar-refractivity contribution is -0.139. The molecule has 4 atom stereocenters. The number of hydrogen-bond acceptors (Lipinski definition) is 5. The summed E-state index contributed by atoms with van der Waals surface area (Å²) in [6, 6.07) is 41.1. The van der Waals surface area contributed by atoms with E-state index in [4.69, 9.17) is 0 Å². The monoisotopic (exact) mass is 887 g/mol. The lowest BCUT2D eigenvalue weighted by Gasteiger charge is -2.31. The maximum absolute atomic E-state index is 14.2. The number of halogens is 1. The molecule has 5 aromatic carbocycles. The van der Waals surface area contributed by atoms with Gasteiger partial charge in [-0.2, -0.15) is 0 Å². The first-order chi connectivity index (χ1) is 32.3. The van der Waals surface area contributed by atoms with Crippen LogP contribution in [0, 0.1) is 17.7 Å². The minimum Gasteiger partial charge on any atom is -0.363 e. The van der Waals surface area contributed by atoms with Gasteiger partial charge in [-0.05, 0) is 134 Å². The molecule has 0 radical (unpaired) electrons. The van der Waals surface area contributed by atoms with Crippen LogP contribution >= 0.6 is 0 Å². The van der Waals surface area contributed by atoms with Crippen molar-refractivity contribution in [2.45, 2.75) is 114 Å². The number of nitrogens with one attached hydrogen (secondary N) is 2. The Labute approximate surface area is 388 Å². The van der Waals surface area contributed by atoms with Gasteiger partial charge in [-0.1, -0.05) is 111 Å². The maximum Gasteiger partial charge on any atom is 0.247 e. The summed E-state index contributed by atoms with van der Waals surface area (Å²) in [5.41, 5.74) is 6.26. The van der Waals surface area contributed by atoms with Crippen molar-refractivity contribution in [2.24, 2.45) is 11.8 Å². The van der Waals surface area contributed by atoms with E-state index in [9.17, 15) is 23.6 Å². The second-order valence-electron chi connectivity index (χ2n) is 18.9. The van der Waals surface area contributed by atoms with Crippen LogP contribution < -0.4 is 15.5 Å². The third kappa shape index (κ3) is 10.4. The van der Waals surface area contributed by atoms with Crippen molar-refractivity contribution in [3.05, 3.63) is 162 Å². The fraction of sp³-hybridized carbons (Fsp3) is 0.393. The molecule has 0 spiro atoms. The molecule has 2 heterocycles. The van der Waals surface area contributed by atoms with E-state index < -0.39 is 12.1 Å². The van der Waals surface area contributed by atoms with Crippen molar-refractivity contribution in [3.8, 4) is 0 Å². The van der Waals surface area contributed by atoms with Gasteiger partial charge in [-0.3, -0.25) is 19.2 Å². The van der Waals surface area contributed by atoms with Crippen LogP contribution in [0.2, 0.25) is 0 Å². The molecule has 3 unspecified atom stereocenters. The number of amides is 4. The first-order valence-electron chi connectivity index (χ1n) is 24.3. The van der Waals surface area contributed by atoms with Gasteiger partial charge in [0.25, 0.3) is 0 Å². The quantitative estimate of drug-likeness (QED) is 0.109. The summed E-state index contributed by atoms with van der Waals surface area (Å²) in [6.45, 7) is 2.20. The van der Waals surface area contributed by atoms with E-state index in [0.29, 0.717) is 62.2 Å². The number of carbonyl (C=O) groups excluding carboxylic acids is 4. The molecule has 4 amide bonds. The van der Waals surface area contributed by atoms with E-state index in [1.54, 1.807) is 12.1 Å². The smallest absolute Gasteiger partial charge is 0.247 e. The molecule has 342 valence electrons. The summed E-state index contributed by atoms with van der Waals surface area (Å²) in [5.74, 6) is -0.365. The summed E-state index contributed by atoms with van der Waals surface area (Å²) < 4.78 is 14.1. The molecule has 2 saturated carbocycles. The third-order valence-corrected chi connectivity index (χ3v) is 14.7. The molecule has 10 heteroatoms. The van der Waals surface area contributed by atoms with Crippen LogP contribution in [0.15, 0.2) is 133 Å². The Kier molecular flexibility index (Phi) is 14.2. The van der Waals surface area contributed by atoms with Crippen LogP contribution in [0.1, 0.15) is 111 Å². The van der Waals surface area contributed by atoms with Gasteiger partial charge in [0.15, 0.2) is 0 Å². The van der Waals surface area contributed by atoms with Crippen LogP contribution in [0.5, 0.6) is 0 Å². The van der Waals surface area contributed by atoms with Gasteiger partial charge in [-0.25, -0.2) is 4.39 Å². The fourth-order valence-electron chi connectivity index (χ4n) is 11.3. The van der Waals surface area contributed by atoms with Crippen molar-refractivity contribution in [1.82, 2.24) is 9.80 Å². The second kappa shape index (κ2) is 20.9. The lowest BCUT2D eigenvalue weighted by Crippen LogP contribution is -2.46. The first kappa shape index (κ1) is 44.9. The number of likely N-dealkylation sites (tertiary alicyclic amines) is 2. The van der Waals surface area contributed by atoms with Gasteiger partial charge in [-0.15, -0.1) is 0 Å². The van der Waals surface area contributed by atoms with E-state index >= 15 is 0 Å². The standard InChI is InChI=1S/C56H62FN5O4/c57-45-27-33-48(34-28-45)60(37-39-23-29-46(30-24-39)58-53(63)49-21-11-35-61(49)55(65)51(43-17-7-8-18-43)41-13-3-1-4-14-41)38-40-25-31-47(32-26-40)59-54(64)50-22-12-36-62(50)56(66)52(44-19-9-10-20-44)42-15-5-2-6-16-42/h1-6,13-16,23-34,43-44,49-52H,7-12,17-22,35-38H2,(H,58,63)(H,59,64)/t49-,50?,51?,52?/m0/s1. The number of rotatable bonds is 15. The van der Waals surface area contributed by atoms with Crippen LogP contribution in [-0.4, -0.2) is 58.6 Å². The van der Waals surface area contributed by atoms with Gasteiger partial charge in [0.2, 0.25) is 23.6 Å². The van der Waals surface area contributed by atoms with Crippen LogP contribution in [0.4, 0.5) is 21.5 Å². The second-order valence-corrected chi connectivity index (χ2v) is 18.9. The molecule has 9 rings (SSSR count). The average molecular weight is 888 g/mol. The minimum atomic E-state index is -0.515. The highest BCUT2D eigenvalue weighted by Crippen LogP contribution is 2.41. The van der Waals surface area contributed by atoms with Crippen LogP contribution in [0.3, 0.4) is 0 Å². The molecule has 4 aliphatic rings. The molecule has 2 saturated heterocycles. The van der Waals surface area contributed by atoms with E-state index in [1.165, 1.54) is 12.1 Å². The SMILES string of the molecule is O=C(Nc1ccc(CN(Cc2ccc(NC(=O)[C@@H]3CCCN3C(=O)C(c3ccccc3)C3CCCC3)cc2)c2ccc(F)cc2)cc1)C1CCCN1C(=O)C(c1ccccc1)C1CCCC1. The predicted molar refractivity (Wildman–Crippen MR) is 258 cm³/mol. The van der Waals surface area contributed by atoms with E-state index in [2.05, 4.69) is 39.8 Å². The number of hydrogen-bond donors (Lipinski definition) is 2. The Morgan fingerprint density at radius 2 is 0.894 bits per heavy atom. The zero-order valence-corrected chi connectivity index (χ0v) is 37.8. The van der Waals surface area contributed by atoms with Crippen molar-refractivity contribution >= 4 is 40.7 Å². The van der Waals surface area contributed by atoms with E-state index in [0.717, 1.165) is 92.1 Å². The summed E-state index contributed by atoms with van der Waals surface area (Å²) in [7, 11) is 0. The lowest BCUT2D eigenvalue weighted by atomic mass is 9.83. The molecule has 2 aliphatic heterocycles. The molecule has 0 bridgehead atoms. The highest BCUT2D eigenvalue weighted by molar-refractivity contribution is 5.99. The Morgan fingerprint density at radius 1 is 0.500 bits per heavy atom. The zero-order valence-electron chi connectivity index (χ0n) is 37.8. The molecule has 9 nitrogen and oxygen atoms in total. The van der Waals surface area contributed by atoms with E-state index in [1.807, 2.05) is 94.7 Å². The highest BCUT2D eigenvalue weighted by atomic mass is 19.1. The van der Waals surface area contributed by atoms with Gasteiger partial charge in [0, 0.05) is 43.2 Å². The molecule has 66 heavy (non-hydrogen) atoms. The van der Waals surface area contributed by atoms with E-state index in [-0.39, 0.29) is 41.3 Å². The predicted octanol–water partition coefficient (Wildman–Crippen LogP) is 10.8. The molecule has 5 aromatic rings. The third-order valence-electron chi connectivity index (χ3n) is 14.7. The van der Waals surface area contributed by atoms with Crippen LogP contribution in [-0.2, 0) is 32.3 Å². The van der Waals surface area contributed by atoms with Gasteiger partial charge < -0.3 is 25.3 Å². The number of anilines is 3. The molecular weight excluding hydrogens is 826 g/mol. The topological polar surface area (TPSA) is 102 Å². The molecule has 4 fully saturated rings. The number of carbonyl (C=O) groups is 4. The summed E-state index contributed by atoms with van der Waals surface area (Å²) in [6.07, 6.45) is 11.6. The molecule has 0 aromatic heterocycles. The van der Waals surface area contributed by atoms with Crippen molar-refractivity contribution in [2.75, 3.05) is 28.6 Å². The van der Waals surface area contributed by atoms with Gasteiger partial charge >= 0.3 is 0 Å². The minimum absolute atomic E-state index is 0.0666. The normalized spacial score (nSPS) is 19.7. The molecule has 2 N–H and O–H groups in total. The Balaban J connectivity index is 0.831. The van der Waals surface area contributed by atoms with Crippen molar-refractivity contribution in [3.63, 3.8) is 0 Å². The fourth-order valence-corrected chi connectivity index (χ4v) is 11.3. The first-order valence-corrected chi connectivity index (χ1v) is 24.3. The highest BCUT2D eigenvalue weighted by Gasteiger charge is 2.42. The molecular formula is C56H62FN5O4. The zero-order chi connectivity index (χ0) is 45.4. The Hall–Kier alpha value is -6.29. The Bertz CT molecular complexity index is 2270. The Morgan fingerprint density at radius 3 is 1.29 bits per heavy atom. The summed E-state index contributed by atoms with van der Waals surface area (Å²) in [4.78, 5) is 61.9. The maximum atomic E-state index is 14.2. The number of benzene rings is 5.